The summed E-state index contributed by atoms with van der Waals surface area (Å²) in [6.45, 7) is 2.16. The first kappa shape index (κ1) is 14.3. The molecule has 2 amide bonds. The van der Waals surface area contributed by atoms with Crippen LogP contribution < -0.4 is 5.32 Å². The zero-order valence-corrected chi connectivity index (χ0v) is 12.5. The Labute approximate surface area is 126 Å². The van der Waals surface area contributed by atoms with Crippen LogP contribution in [0.15, 0.2) is 30.3 Å². The monoisotopic (exact) mass is 285 g/mol. The van der Waals surface area contributed by atoms with E-state index in [0.29, 0.717) is 12.3 Å². The third-order valence-corrected chi connectivity index (χ3v) is 5.32. The molecule has 1 N–H and O–H groups in total. The minimum atomic E-state index is -0.109. The van der Waals surface area contributed by atoms with Gasteiger partial charge in [0.25, 0.3) is 0 Å². The first-order valence-corrected chi connectivity index (χ1v) is 8.05. The van der Waals surface area contributed by atoms with Crippen LogP contribution in [0.1, 0.15) is 50.5 Å². The van der Waals surface area contributed by atoms with Gasteiger partial charge in [-0.3, -0.25) is 14.9 Å². The Balaban J connectivity index is 1.87. The van der Waals surface area contributed by atoms with Gasteiger partial charge in [0, 0.05) is 12.3 Å². The van der Waals surface area contributed by atoms with Crippen LogP contribution >= 0.6 is 0 Å². The average Bonchev–Trinajstić information content (AvgIpc) is 3.00. The number of piperidine rings is 1. The molecule has 2 fully saturated rings. The number of rotatable bonds is 3. The van der Waals surface area contributed by atoms with Crippen LogP contribution in [-0.4, -0.2) is 11.8 Å². The van der Waals surface area contributed by atoms with Crippen LogP contribution in [0.25, 0.3) is 0 Å². The second kappa shape index (κ2) is 6.00. The fourth-order valence-electron chi connectivity index (χ4n) is 4.18. The minimum Gasteiger partial charge on any atom is -0.296 e. The molecule has 3 unspecified atom stereocenters. The number of carbonyl (C=O) groups excluding carboxylic acids is 2. The summed E-state index contributed by atoms with van der Waals surface area (Å²) in [5.74, 6) is 0.686. The fraction of sp³-hybridized carbons (Fsp3) is 0.556. The lowest BCUT2D eigenvalue weighted by Gasteiger charge is -2.37. The average molecular weight is 285 g/mol. The van der Waals surface area contributed by atoms with Gasteiger partial charge in [-0.05, 0) is 36.2 Å². The summed E-state index contributed by atoms with van der Waals surface area (Å²) >= 11 is 0. The van der Waals surface area contributed by atoms with Crippen LogP contribution in [0.2, 0.25) is 0 Å². The molecule has 1 aliphatic carbocycles. The Kier molecular flexibility index (Phi) is 4.09. The van der Waals surface area contributed by atoms with Crippen molar-refractivity contribution in [3.8, 4) is 0 Å². The number of nitrogens with one attached hydrogen (secondary N) is 1. The Bertz CT molecular complexity index is 519. The molecule has 3 rings (SSSR count). The van der Waals surface area contributed by atoms with Crippen molar-refractivity contribution in [1.29, 1.82) is 0 Å². The summed E-state index contributed by atoms with van der Waals surface area (Å²) in [7, 11) is 0. The first-order chi connectivity index (χ1) is 10.2. The maximum atomic E-state index is 12.4. The van der Waals surface area contributed by atoms with Crippen LogP contribution in [0.3, 0.4) is 0 Å². The maximum Gasteiger partial charge on any atom is 0.230 e. The van der Waals surface area contributed by atoms with Crippen molar-refractivity contribution in [2.24, 2.45) is 17.8 Å². The van der Waals surface area contributed by atoms with Crippen molar-refractivity contribution in [2.75, 3.05) is 0 Å². The van der Waals surface area contributed by atoms with Gasteiger partial charge in [-0.15, -0.1) is 0 Å². The minimum absolute atomic E-state index is 0.000376. The van der Waals surface area contributed by atoms with Crippen LogP contribution in [0.5, 0.6) is 0 Å². The summed E-state index contributed by atoms with van der Waals surface area (Å²) in [4.78, 5) is 24.3. The molecule has 112 valence electrons. The Morgan fingerprint density at radius 2 is 1.76 bits per heavy atom. The lowest BCUT2D eigenvalue weighted by atomic mass is 9.69. The summed E-state index contributed by atoms with van der Waals surface area (Å²) in [5, 5.41) is 2.56. The quantitative estimate of drug-likeness (QED) is 0.866. The van der Waals surface area contributed by atoms with Gasteiger partial charge in [0.15, 0.2) is 0 Å². The third-order valence-electron chi connectivity index (χ3n) is 5.32. The molecule has 0 spiro atoms. The van der Waals surface area contributed by atoms with Gasteiger partial charge >= 0.3 is 0 Å². The van der Waals surface area contributed by atoms with E-state index in [-0.39, 0.29) is 29.6 Å². The predicted molar refractivity (Wildman–Crippen MR) is 81.6 cm³/mol. The second-order valence-corrected chi connectivity index (χ2v) is 6.55. The number of amides is 2. The van der Waals surface area contributed by atoms with E-state index >= 15 is 0 Å². The largest absolute Gasteiger partial charge is 0.296 e. The molecular formula is C18H23NO2. The number of imide groups is 1. The van der Waals surface area contributed by atoms with Gasteiger partial charge in [0.05, 0.1) is 0 Å². The van der Waals surface area contributed by atoms with Gasteiger partial charge < -0.3 is 0 Å². The van der Waals surface area contributed by atoms with E-state index in [1.165, 1.54) is 18.4 Å². The summed E-state index contributed by atoms with van der Waals surface area (Å²) in [5.41, 5.74) is 1.23. The molecule has 3 heteroatoms. The normalized spacial score (nSPS) is 28.4. The smallest absolute Gasteiger partial charge is 0.230 e. The molecule has 1 aliphatic heterocycles. The number of benzene rings is 1. The van der Waals surface area contributed by atoms with E-state index in [0.717, 1.165) is 12.8 Å². The van der Waals surface area contributed by atoms with Crippen molar-refractivity contribution in [2.45, 2.75) is 44.9 Å². The van der Waals surface area contributed by atoms with E-state index in [1.807, 2.05) is 18.2 Å². The molecule has 1 aromatic carbocycles. The molecule has 1 heterocycles. The Hall–Kier alpha value is -1.64. The summed E-state index contributed by atoms with van der Waals surface area (Å²) < 4.78 is 0. The molecule has 1 saturated heterocycles. The molecule has 0 radical (unpaired) electrons. The van der Waals surface area contributed by atoms with Crippen molar-refractivity contribution >= 4 is 11.8 Å². The topological polar surface area (TPSA) is 46.2 Å². The van der Waals surface area contributed by atoms with Gasteiger partial charge in [-0.25, -0.2) is 0 Å². The zero-order valence-electron chi connectivity index (χ0n) is 12.5. The highest BCUT2D eigenvalue weighted by atomic mass is 16.2. The molecule has 1 saturated carbocycles. The third kappa shape index (κ3) is 2.87. The SMILES string of the molecule is CC(c1ccccc1)C1CC(=O)NC(=O)C1C1CCCC1. The molecule has 0 bridgehead atoms. The zero-order chi connectivity index (χ0) is 14.8. The first-order valence-electron chi connectivity index (χ1n) is 8.05. The van der Waals surface area contributed by atoms with Gasteiger partial charge in [-0.2, -0.15) is 0 Å². The number of hydrogen-bond acceptors (Lipinski definition) is 2. The molecule has 3 atom stereocenters. The maximum absolute atomic E-state index is 12.4. The Morgan fingerprint density at radius 3 is 2.43 bits per heavy atom. The van der Waals surface area contributed by atoms with Crippen LogP contribution in [-0.2, 0) is 9.59 Å². The fourth-order valence-corrected chi connectivity index (χ4v) is 4.18. The summed E-state index contributed by atoms with van der Waals surface area (Å²) in [6, 6.07) is 10.3. The van der Waals surface area contributed by atoms with E-state index in [1.54, 1.807) is 0 Å². The number of carbonyl (C=O) groups is 2. The standard InChI is InChI=1S/C18H23NO2/c1-12(13-7-3-2-4-8-13)15-11-16(20)19-18(21)17(15)14-9-5-6-10-14/h2-4,7-8,12,14-15,17H,5-6,9-11H2,1H3,(H,19,20,21). The Morgan fingerprint density at radius 1 is 1.10 bits per heavy atom. The molecular weight excluding hydrogens is 262 g/mol. The van der Waals surface area contributed by atoms with Crippen molar-refractivity contribution in [3.63, 3.8) is 0 Å². The number of hydrogen-bond donors (Lipinski definition) is 1. The molecule has 3 nitrogen and oxygen atoms in total. The highest BCUT2D eigenvalue weighted by Gasteiger charge is 2.43. The molecule has 1 aromatic rings. The molecule has 21 heavy (non-hydrogen) atoms. The molecule has 2 aliphatic rings. The lowest BCUT2D eigenvalue weighted by molar-refractivity contribution is -0.141. The van der Waals surface area contributed by atoms with Crippen molar-refractivity contribution < 1.29 is 9.59 Å². The van der Waals surface area contributed by atoms with E-state index < -0.39 is 0 Å². The van der Waals surface area contributed by atoms with Gasteiger partial charge in [-0.1, -0.05) is 50.1 Å². The van der Waals surface area contributed by atoms with E-state index in [2.05, 4.69) is 24.4 Å². The van der Waals surface area contributed by atoms with E-state index in [9.17, 15) is 9.59 Å². The van der Waals surface area contributed by atoms with Gasteiger partial charge in [0.2, 0.25) is 11.8 Å². The van der Waals surface area contributed by atoms with Crippen LogP contribution in [0, 0.1) is 17.8 Å². The van der Waals surface area contributed by atoms with Crippen molar-refractivity contribution in [1.82, 2.24) is 5.32 Å². The highest BCUT2D eigenvalue weighted by molar-refractivity contribution is 5.99. The van der Waals surface area contributed by atoms with Crippen LogP contribution in [0.4, 0.5) is 0 Å². The predicted octanol–water partition coefficient (Wildman–Crippen LogP) is 3.26. The molecule has 0 aromatic heterocycles. The highest BCUT2D eigenvalue weighted by Crippen LogP contribution is 2.43. The lowest BCUT2D eigenvalue weighted by Crippen LogP contribution is -2.49. The van der Waals surface area contributed by atoms with E-state index in [4.69, 9.17) is 0 Å². The van der Waals surface area contributed by atoms with Crippen molar-refractivity contribution in [3.05, 3.63) is 35.9 Å². The van der Waals surface area contributed by atoms with Gasteiger partial charge in [0.1, 0.15) is 0 Å². The second-order valence-electron chi connectivity index (χ2n) is 6.55. The summed E-state index contributed by atoms with van der Waals surface area (Å²) in [6.07, 6.45) is 5.17.